The van der Waals surface area contributed by atoms with Crippen LogP contribution in [0.15, 0.2) is 18.2 Å². The highest BCUT2D eigenvalue weighted by Gasteiger charge is 2.75. The van der Waals surface area contributed by atoms with Crippen LogP contribution in [0.5, 0.6) is 0 Å². The Bertz CT molecular complexity index is 969. The van der Waals surface area contributed by atoms with Gasteiger partial charge in [0.05, 0.1) is 16.6 Å². The maximum Gasteiger partial charge on any atom is 0.248 e. The fourth-order valence-corrected chi connectivity index (χ4v) is 8.61. The molecule has 3 heterocycles. The van der Waals surface area contributed by atoms with Crippen LogP contribution in [0, 0.1) is 31.6 Å². The number of rotatable bonds is 9. The number of carbonyl (C=O) groups excluding carboxylic acids is 3. The zero-order chi connectivity index (χ0) is 24.6. The first kappa shape index (κ1) is 25.0. The van der Waals surface area contributed by atoms with Gasteiger partial charge in [0.1, 0.15) is 6.04 Å². The molecule has 3 aliphatic heterocycles. The predicted octanol–water partition coefficient (Wildman–Crippen LogP) is 2.88. The molecular weight excluding hydrogens is 450 g/mol. The second-order valence-electron chi connectivity index (χ2n) is 10.1. The molecule has 3 unspecified atom stereocenters. The maximum atomic E-state index is 13.9. The first-order valence-corrected chi connectivity index (χ1v) is 13.4. The van der Waals surface area contributed by atoms with Crippen LogP contribution in [0.1, 0.15) is 50.7 Å². The Morgan fingerprint density at radius 1 is 1.24 bits per heavy atom. The number of unbranched alkanes of at least 4 members (excludes halogenated alkanes) is 1. The molecule has 3 amide bonds. The van der Waals surface area contributed by atoms with E-state index in [9.17, 15) is 19.5 Å². The van der Waals surface area contributed by atoms with Gasteiger partial charge in [-0.15, -0.1) is 11.8 Å². The van der Waals surface area contributed by atoms with Crippen LogP contribution in [0.3, 0.4) is 0 Å². The summed E-state index contributed by atoms with van der Waals surface area (Å²) < 4.78 is -0.614. The van der Waals surface area contributed by atoms with E-state index in [0.29, 0.717) is 25.9 Å². The molecule has 3 saturated heterocycles. The number of benzene rings is 1. The van der Waals surface area contributed by atoms with Crippen molar-refractivity contribution in [1.82, 2.24) is 10.2 Å². The van der Waals surface area contributed by atoms with E-state index in [2.05, 4.69) is 17.6 Å². The second-order valence-corrected chi connectivity index (χ2v) is 11.7. The molecule has 8 heteroatoms. The van der Waals surface area contributed by atoms with Gasteiger partial charge in [-0.2, -0.15) is 0 Å². The Balaban J connectivity index is 1.70. The molecule has 3 fully saturated rings. The average molecular weight is 488 g/mol. The van der Waals surface area contributed by atoms with E-state index in [1.807, 2.05) is 39.0 Å². The third-order valence-electron chi connectivity index (χ3n) is 7.80. The van der Waals surface area contributed by atoms with E-state index in [1.165, 1.54) is 0 Å². The lowest BCUT2D eigenvalue weighted by molar-refractivity contribution is -0.139. The van der Waals surface area contributed by atoms with Crippen molar-refractivity contribution in [2.24, 2.45) is 17.8 Å². The molecule has 6 atom stereocenters. The molecule has 2 bridgehead atoms. The zero-order valence-electron chi connectivity index (χ0n) is 20.6. The highest BCUT2D eigenvalue weighted by atomic mass is 32.2. The van der Waals surface area contributed by atoms with Gasteiger partial charge in [0.2, 0.25) is 17.7 Å². The molecule has 0 aliphatic carbocycles. The quantitative estimate of drug-likeness (QED) is 0.465. The molecule has 186 valence electrons. The summed E-state index contributed by atoms with van der Waals surface area (Å²) in [5.74, 6) is -1.08. The van der Waals surface area contributed by atoms with Gasteiger partial charge in [0.25, 0.3) is 0 Å². The minimum atomic E-state index is -0.641. The number of amides is 3. The van der Waals surface area contributed by atoms with Crippen LogP contribution < -0.4 is 10.6 Å². The van der Waals surface area contributed by atoms with E-state index in [-0.39, 0.29) is 35.5 Å². The standard InChI is InChI=1S/C26H37N3O4S/c1-5-10-27-23(31)20-19-14-17(4)26(34-19)21(20)25(33)29(11-6-7-12-30)22(26)24(32)28-18-13-15(2)8-9-16(18)3/h8-9,13,17,19-22,30H,5-7,10-12,14H2,1-4H3,(H,27,31)(H,28,32)/t17?,19-,20+,21+,22?,26?/m1/s1. The largest absolute Gasteiger partial charge is 0.396 e. The van der Waals surface area contributed by atoms with Crippen molar-refractivity contribution in [3.8, 4) is 0 Å². The Hall–Kier alpha value is -2.06. The molecule has 0 aromatic heterocycles. The van der Waals surface area contributed by atoms with Gasteiger partial charge in [0.15, 0.2) is 0 Å². The van der Waals surface area contributed by atoms with Crippen LogP contribution in [0.25, 0.3) is 0 Å². The SMILES string of the molecule is CCCNC(=O)[C@@H]1[C@H]2C(=O)N(CCCCO)C(C(=O)Nc3cc(C)ccc3C)C23S[C@@H]1CC3C. The summed E-state index contributed by atoms with van der Waals surface area (Å²) in [6, 6.07) is 5.31. The Labute approximate surface area is 206 Å². The summed E-state index contributed by atoms with van der Waals surface area (Å²) in [6.07, 6.45) is 2.85. The lowest BCUT2D eigenvalue weighted by atomic mass is 9.66. The van der Waals surface area contributed by atoms with Crippen molar-refractivity contribution in [2.45, 2.75) is 69.4 Å². The molecule has 0 radical (unpaired) electrons. The third-order valence-corrected chi connectivity index (χ3v) is 9.88. The highest BCUT2D eigenvalue weighted by Crippen LogP contribution is 2.68. The van der Waals surface area contributed by atoms with Crippen LogP contribution in [0.2, 0.25) is 0 Å². The van der Waals surface area contributed by atoms with E-state index in [0.717, 1.165) is 29.7 Å². The number of aliphatic hydroxyl groups excluding tert-OH is 1. The average Bonchev–Trinajstić information content (AvgIpc) is 3.38. The molecule has 3 aliphatic rings. The number of hydrogen-bond acceptors (Lipinski definition) is 5. The highest BCUT2D eigenvalue weighted by molar-refractivity contribution is 8.02. The Morgan fingerprint density at radius 2 is 2.00 bits per heavy atom. The molecule has 1 aromatic carbocycles. The third kappa shape index (κ3) is 4.02. The summed E-state index contributed by atoms with van der Waals surface area (Å²) >= 11 is 1.70. The summed E-state index contributed by atoms with van der Waals surface area (Å²) in [4.78, 5) is 42.7. The first-order chi connectivity index (χ1) is 16.3. The summed E-state index contributed by atoms with van der Waals surface area (Å²) in [5, 5.41) is 15.5. The Kier molecular flexibility index (Phi) is 7.29. The first-order valence-electron chi connectivity index (χ1n) is 12.5. The number of nitrogens with zero attached hydrogens (tertiary/aromatic N) is 1. The molecule has 3 N–H and O–H groups in total. The molecule has 7 nitrogen and oxygen atoms in total. The van der Waals surface area contributed by atoms with Gasteiger partial charge < -0.3 is 20.6 Å². The maximum absolute atomic E-state index is 13.9. The van der Waals surface area contributed by atoms with E-state index >= 15 is 0 Å². The van der Waals surface area contributed by atoms with Crippen LogP contribution in [0.4, 0.5) is 5.69 Å². The van der Waals surface area contributed by atoms with Crippen LogP contribution >= 0.6 is 11.8 Å². The van der Waals surface area contributed by atoms with Crippen molar-refractivity contribution in [2.75, 3.05) is 25.0 Å². The number of aryl methyl sites for hydroxylation is 2. The summed E-state index contributed by atoms with van der Waals surface area (Å²) in [5.41, 5.74) is 2.78. The number of likely N-dealkylation sites (tertiary alicyclic amines) is 1. The molecule has 34 heavy (non-hydrogen) atoms. The van der Waals surface area contributed by atoms with E-state index in [4.69, 9.17) is 0 Å². The van der Waals surface area contributed by atoms with Crippen LogP contribution in [-0.2, 0) is 14.4 Å². The lowest BCUT2D eigenvalue weighted by Gasteiger charge is -2.38. The number of fused-ring (bicyclic) bond motifs is 1. The minimum absolute atomic E-state index is 0.0469. The second kappa shape index (κ2) is 9.90. The minimum Gasteiger partial charge on any atom is -0.396 e. The van der Waals surface area contributed by atoms with Gasteiger partial charge >= 0.3 is 0 Å². The summed E-state index contributed by atoms with van der Waals surface area (Å²) in [6.45, 7) is 9.13. The summed E-state index contributed by atoms with van der Waals surface area (Å²) in [7, 11) is 0. The molecular formula is C26H37N3O4S. The van der Waals surface area contributed by atoms with Gasteiger partial charge in [-0.1, -0.05) is 26.0 Å². The van der Waals surface area contributed by atoms with Crippen LogP contribution in [-0.4, -0.2) is 63.5 Å². The topological polar surface area (TPSA) is 98.7 Å². The lowest BCUT2D eigenvalue weighted by Crippen LogP contribution is -2.55. The number of nitrogens with one attached hydrogen (secondary N) is 2. The number of carbonyl (C=O) groups is 3. The smallest absolute Gasteiger partial charge is 0.248 e. The Morgan fingerprint density at radius 3 is 2.71 bits per heavy atom. The van der Waals surface area contributed by atoms with Gasteiger partial charge in [-0.05, 0) is 62.6 Å². The molecule has 1 spiro atoms. The zero-order valence-corrected chi connectivity index (χ0v) is 21.4. The monoisotopic (exact) mass is 487 g/mol. The fraction of sp³-hybridized carbons (Fsp3) is 0.654. The number of hydrogen-bond donors (Lipinski definition) is 3. The van der Waals surface area contributed by atoms with E-state index < -0.39 is 22.6 Å². The molecule has 4 rings (SSSR count). The normalized spacial score (nSPS) is 31.6. The molecule has 0 saturated carbocycles. The van der Waals surface area contributed by atoms with Gasteiger partial charge in [-0.3, -0.25) is 14.4 Å². The van der Waals surface area contributed by atoms with E-state index in [1.54, 1.807) is 16.7 Å². The number of thioether (sulfide) groups is 1. The van der Waals surface area contributed by atoms with Gasteiger partial charge in [0, 0.05) is 30.6 Å². The fourth-order valence-electron chi connectivity index (χ4n) is 6.19. The number of anilines is 1. The van der Waals surface area contributed by atoms with Gasteiger partial charge in [-0.25, -0.2) is 0 Å². The van der Waals surface area contributed by atoms with Crippen molar-refractivity contribution in [3.63, 3.8) is 0 Å². The predicted molar refractivity (Wildman–Crippen MR) is 135 cm³/mol. The van der Waals surface area contributed by atoms with Crippen molar-refractivity contribution in [1.29, 1.82) is 0 Å². The van der Waals surface area contributed by atoms with Crippen molar-refractivity contribution in [3.05, 3.63) is 29.3 Å². The van der Waals surface area contributed by atoms with Crippen molar-refractivity contribution < 1.29 is 19.5 Å². The van der Waals surface area contributed by atoms with Crippen molar-refractivity contribution >= 4 is 35.2 Å². The number of aliphatic hydroxyl groups is 1. The molecule has 1 aromatic rings.